The van der Waals surface area contributed by atoms with Gasteiger partial charge in [-0.1, -0.05) is 12.1 Å². The topological polar surface area (TPSA) is 73.2 Å². The first-order chi connectivity index (χ1) is 13.0. The summed E-state index contributed by atoms with van der Waals surface area (Å²) >= 11 is 3.26. The number of nitrogens with one attached hydrogen (secondary N) is 1. The molecule has 3 rings (SSSR count). The number of carbonyl (C=O) groups is 1. The summed E-state index contributed by atoms with van der Waals surface area (Å²) in [5.41, 5.74) is 1.42. The lowest BCUT2D eigenvalue weighted by molar-refractivity contribution is 0.0601. The van der Waals surface area contributed by atoms with Gasteiger partial charge in [0, 0.05) is 5.69 Å². The van der Waals surface area contributed by atoms with Gasteiger partial charge < -0.3 is 10.1 Å². The van der Waals surface area contributed by atoms with Crippen molar-refractivity contribution in [1.82, 2.24) is 9.55 Å². The molecule has 0 amide bonds. The van der Waals surface area contributed by atoms with Gasteiger partial charge in [-0.2, -0.15) is 0 Å². The number of carbonyl (C=O) groups excluding carboxylic acids is 1. The molecule has 0 saturated heterocycles. The summed E-state index contributed by atoms with van der Waals surface area (Å²) in [5.74, 6) is -0.455. The summed E-state index contributed by atoms with van der Waals surface area (Å²) in [6.07, 6.45) is 1.39. The van der Waals surface area contributed by atoms with Gasteiger partial charge in [0.05, 0.1) is 19.2 Å². The van der Waals surface area contributed by atoms with E-state index < -0.39 is 5.97 Å². The molecule has 0 aliphatic carbocycles. The Hall–Kier alpha value is -3.00. The van der Waals surface area contributed by atoms with Crippen molar-refractivity contribution in [3.05, 3.63) is 86.6 Å². The molecule has 1 heterocycles. The first-order valence-electron chi connectivity index (χ1n) is 7.92. The zero-order chi connectivity index (χ0) is 19.4. The van der Waals surface area contributed by atoms with E-state index in [1.165, 1.54) is 30.1 Å². The first-order valence-corrected chi connectivity index (χ1v) is 8.72. The van der Waals surface area contributed by atoms with Crippen molar-refractivity contribution in [2.24, 2.45) is 0 Å². The molecule has 3 aromatic rings. The minimum atomic E-state index is -0.430. The summed E-state index contributed by atoms with van der Waals surface area (Å²) < 4.78 is 19.6. The summed E-state index contributed by atoms with van der Waals surface area (Å²) in [7, 11) is 1.31. The van der Waals surface area contributed by atoms with Crippen LogP contribution in [0.2, 0.25) is 0 Å². The lowest BCUT2D eigenvalue weighted by Crippen LogP contribution is -2.23. The minimum Gasteiger partial charge on any atom is -0.465 e. The maximum absolute atomic E-state index is 13.3. The fourth-order valence-electron chi connectivity index (χ4n) is 2.44. The summed E-state index contributed by atoms with van der Waals surface area (Å²) in [5, 5.41) is 3.01. The zero-order valence-corrected chi connectivity index (χ0v) is 15.9. The number of methoxy groups -OCH3 is 1. The fourth-order valence-corrected chi connectivity index (χ4v) is 2.87. The largest absolute Gasteiger partial charge is 0.465 e. The van der Waals surface area contributed by atoms with Crippen LogP contribution in [0.5, 0.6) is 0 Å². The van der Waals surface area contributed by atoms with Crippen LogP contribution in [0.1, 0.15) is 15.9 Å². The van der Waals surface area contributed by atoms with Crippen molar-refractivity contribution in [3.63, 3.8) is 0 Å². The van der Waals surface area contributed by atoms with E-state index in [2.05, 4.69) is 31.0 Å². The van der Waals surface area contributed by atoms with Gasteiger partial charge in [-0.05, 0) is 57.9 Å². The molecule has 0 saturated carbocycles. The monoisotopic (exact) mass is 431 g/mol. The SMILES string of the molecule is COC(=O)c1ccc(Nc2ncn(Cc3cccc(F)c3)c(=O)c2Br)cc1. The van der Waals surface area contributed by atoms with Gasteiger partial charge >= 0.3 is 5.97 Å². The van der Waals surface area contributed by atoms with Crippen molar-refractivity contribution in [3.8, 4) is 0 Å². The number of anilines is 2. The van der Waals surface area contributed by atoms with E-state index in [1.807, 2.05) is 0 Å². The smallest absolute Gasteiger partial charge is 0.337 e. The molecule has 0 aliphatic heterocycles. The fraction of sp³-hybridized carbons (Fsp3) is 0.105. The average molecular weight is 432 g/mol. The molecule has 0 bridgehead atoms. The van der Waals surface area contributed by atoms with Crippen LogP contribution in [0.3, 0.4) is 0 Å². The van der Waals surface area contributed by atoms with Crippen molar-refractivity contribution in [2.75, 3.05) is 12.4 Å². The number of benzene rings is 2. The average Bonchev–Trinajstić information content (AvgIpc) is 2.68. The van der Waals surface area contributed by atoms with Gasteiger partial charge in [-0.25, -0.2) is 14.2 Å². The van der Waals surface area contributed by atoms with Crippen LogP contribution >= 0.6 is 15.9 Å². The number of nitrogens with zero attached hydrogens (tertiary/aromatic N) is 2. The molecule has 0 fully saturated rings. The predicted molar refractivity (Wildman–Crippen MR) is 103 cm³/mol. The Morgan fingerprint density at radius 3 is 2.67 bits per heavy atom. The van der Waals surface area contributed by atoms with E-state index in [-0.39, 0.29) is 22.4 Å². The van der Waals surface area contributed by atoms with Crippen LogP contribution < -0.4 is 10.9 Å². The lowest BCUT2D eigenvalue weighted by atomic mass is 10.2. The Balaban J connectivity index is 1.80. The minimum absolute atomic E-state index is 0.205. The highest BCUT2D eigenvalue weighted by Crippen LogP contribution is 2.21. The lowest BCUT2D eigenvalue weighted by Gasteiger charge is -2.11. The van der Waals surface area contributed by atoms with Crippen LogP contribution in [-0.2, 0) is 11.3 Å². The quantitative estimate of drug-likeness (QED) is 0.623. The Morgan fingerprint density at radius 2 is 2.00 bits per heavy atom. The van der Waals surface area contributed by atoms with Crippen molar-refractivity contribution < 1.29 is 13.9 Å². The molecule has 1 N–H and O–H groups in total. The number of hydrogen-bond acceptors (Lipinski definition) is 5. The number of rotatable bonds is 5. The van der Waals surface area contributed by atoms with Gasteiger partial charge in [-0.3, -0.25) is 9.36 Å². The third-order valence-electron chi connectivity index (χ3n) is 3.79. The second-order valence-electron chi connectivity index (χ2n) is 5.66. The van der Waals surface area contributed by atoms with E-state index in [0.717, 1.165) is 0 Å². The number of hydrogen-bond donors (Lipinski definition) is 1. The molecule has 1 aromatic heterocycles. The van der Waals surface area contributed by atoms with Crippen molar-refractivity contribution in [1.29, 1.82) is 0 Å². The van der Waals surface area contributed by atoms with Crippen LogP contribution in [-0.4, -0.2) is 22.6 Å². The molecular formula is C19H15BrFN3O3. The third kappa shape index (κ3) is 4.40. The number of aromatic nitrogens is 2. The van der Waals surface area contributed by atoms with Gasteiger partial charge in [0.25, 0.3) is 5.56 Å². The van der Waals surface area contributed by atoms with Crippen LogP contribution in [0.15, 0.2) is 64.1 Å². The van der Waals surface area contributed by atoms with E-state index in [1.54, 1.807) is 36.4 Å². The molecule has 0 atom stereocenters. The normalized spacial score (nSPS) is 10.5. The van der Waals surface area contributed by atoms with Crippen LogP contribution in [0.4, 0.5) is 15.9 Å². The van der Waals surface area contributed by atoms with E-state index in [4.69, 9.17) is 0 Å². The Morgan fingerprint density at radius 1 is 1.26 bits per heavy atom. The molecule has 0 spiro atoms. The second kappa shape index (κ2) is 8.13. The highest BCUT2D eigenvalue weighted by atomic mass is 79.9. The standard InChI is InChI=1S/C19H15BrFN3O3/c1-27-19(26)13-5-7-15(8-6-13)23-17-16(20)18(25)24(11-22-17)10-12-3-2-4-14(21)9-12/h2-9,11,23H,10H2,1H3. The number of ether oxygens (including phenoxy) is 1. The number of esters is 1. The second-order valence-corrected chi connectivity index (χ2v) is 6.46. The molecule has 27 heavy (non-hydrogen) atoms. The van der Waals surface area contributed by atoms with Crippen molar-refractivity contribution >= 4 is 33.4 Å². The molecule has 0 radical (unpaired) electrons. The zero-order valence-electron chi connectivity index (χ0n) is 14.3. The van der Waals surface area contributed by atoms with Crippen molar-refractivity contribution in [2.45, 2.75) is 6.54 Å². The van der Waals surface area contributed by atoms with E-state index in [9.17, 15) is 14.0 Å². The summed E-state index contributed by atoms with van der Waals surface area (Å²) in [6, 6.07) is 12.6. The summed E-state index contributed by atoms with van der Waals surface area (Å²) in [6.45, 7) is 0.205. The predicted octanol–water partition coefficient (Wildman–Crippen LogP) is 3.72. The van der Waals surface area contributed by atoms with E-state index >= 15 is 0 Å². The van der Waals surface area contributed by atoms with Gasteiger partial charge in [-0.15, -0.1) is 0 Å². The molecule has 2 aromatic carbocycles. The first kappa shape index (κ1) is 18.8. The van der Waals surface area contributed by atoms with Crippen LogP contribution in [0.25, 0.3) is 0 Å². The third-order valence-corrected chi connectivity index (χ3v) is 4.51. The molecule has 0 aliphatic rings. The molecule has 6 nitrogen and oxygen atoms in total. The number of halogens is 2. The van der Waals surface area contributed by atoms with Gasteiger partial charge in [0.2, 0.25) is 0 Å². The van der Waals surface area contributed by atoms with Gasteiger partial charge in [0.1, 0.15) is 16.6 Å². The molecule has 0 unspecified atom stereocenters. The highest BCUT2D eigenvalue weighted by Gasteiger charge is 2.11. The van der Waals surface area contributed by atoms with Crippen LogP contribution in [0, 0.1) is 5.82 Å². The Kier molecular flexibility index (Phi) is 5.66. The summed E-state index contributed by atoms with van der Waals surface area (Å²) in [4.78, 5) is 28.2. The molecular weight excluding hydrogens is 417 g/mol. The van der Waals surface area contributed by atoms with E-state index in [0.29, 0.717) is 22.6 Å². The Bertz CT molecular complexity index is 1040. The highest BCUT2D eigenvalue weighted by molar-refractivity contribution is 9.10. The molecule has 138 valence electrons. The maximum atomic E-state index is 13.3. The Labute approximate surface area is 162 Å². The van der Waals surface area contributed by atoms with Gasteiger partial charge in [0.15, 0.2) is 5.82 Å². The molecule has 8 heteroatoms. The maximum Gasteiger partial charge on any atom is 0.337 e.